The van der Waals surface area contributed by atoms with Crippen molar-refractivity contribution in [3.8, 4) is 33.4 Å². The molecule has 3 aliphatic rings. The van der Waals surface area contributed by atoms with Gasteiger partial charge in [-0.15, -0.1) is 34.0 Å². The molecule has 0 aliphatic carbocycles. The molecule has 0 fully saturated rings. The third-order valence-electron chi connectivity index (χ3n) is 21.7. The Morgan fingerprint density at radius 1 is 0.192 bits per heavy atom. The van der Waals surface area contributed by atoms with Crippen LogP contribution in [0.5, 0.6) is 0 Å². The first-order valence-corrected chi connectivity index (χ1v) is 42.8. The molecule has 99 heavy (non-hydrogen) atoms. The Labute approximate surface area is 592 Å². The Bertz CT molecular complexity index is 6080. The number of rotatable bonds is 6. The molecule has 468 valence electrons. The molecule has 3 aromatic heterocycles. The molecule has 6 heteroatoms. The molecule has 0 amide bonds. The van der Waals surface area contributed by atoms with Crippen LogP contribution in [0.15, 0.2) is 346 Å². The molecule has 0 radical (unpaired) electrons. The molecule has 0 saturated carbocycles. The largest absolute Gasteiger partial charge is 0.180 e. The van der Waals surface area contributed by atoms with Gasteiger partial charge in [0.15, 0.2) is 24.2 Å². The van der Waals surface area contributed by atoms with Gasteiger partial charge in [0.25, 0.3) is 0 Å². The summed E-state index contributed by atoms with van der Waals surface area (Å²) in [6, 6.07) is 130. The lowest BCUT2D eigenvalue weighted by Gasteiger charge is -2.31. The Morgan fingerprint density at radius 3 is 0.990 bits per heavy atom. The number of thiophene rings is 3. The van der Waals surface area contributed by atoms with E-state index in [1.807, 2.05) is 34.0 Å². The SMILES string of the molecule is Cc1ccc2c(c1)-c1cc3sc4ccccc4c3cc1[Si]2(c1ccccc1)c1ccccc1.Cc1ccc2c(c1)[Si](c1ccccc1)(c1ccccc1)c1cc3c(cc1-2)sc1ccccc13.Cc1cccc2c1sc1cc3c(cc12)[Si](c1ccccc1)(c1ccccc1)c1ccccc1-3. The summed E-state index contributed by atoms with van der Waals surface area (Å²) < 4.78 is 8.30. The summed E-state index contributed by atoms with van der Waals surface area (Å²) in [6.45, 7) is 6.67. The van der Waals surface area contributed by atoms with Gasteiger partial charge < -0.3 is 0 Å². The Kier molecular flexibility index (Phi) is 14.3. The highest BCUT2D eigenvalue weighted by Crippen LogP contribution is 2.43. The van der Waals surface area contributed by atoms with Crippen LogP contribution in [0.1, 0.15) is 16.7 Å². The molecule has 21 rings (SSSR count). The van der Waals surface area contributed by atoms with Gasteiger partial charge in [0.05, 0.1) is 0 Å². The van der Waals surface area contributed by atoms with E-state index in [2.05, 4.69) is 367 Å². The minimum Gasteiger partial charge on any atom is -0.135 e. The van der Waals surface area contributed by atoms with Crippen molar-refractivity contribution in [3.63, 3.8) is 0 Å². The van der Waals surface area contributed by atoms with E-state index in [-0.39, 0.29) is 0 Å². The maximum Gasteiger partial charge on any atom is 0.180 e. The van der Waals surface area contributed by atoms with Gasteiger partial charge in [-0.05, 0) is 152 Å². The number of benzene rings is 15. The topological polar surface area (TPSA) is 0 Å². The monoisotopic (exact) mass is 1360 g/mol. The molecular formula is C93H66S3Si3. The van der Waals surface area contributed by atoms with Crippen molar-refractivity contribution in [2.75, 3.05) is 0 Å². The summed E-state index contributed by atoms with van der Waals surface area (Å²) in [4.78, 5) is 0. The molecule has 3 aliphatic heterocycles. The lowest BCUT2D eigenvalue weighted by atomic mass is 10.0. The standard InChI is InChI=1S/3C31H22SSi/c1-21-11-10-17-25-26-20-30-27(19-28(26)32-31(21)25)24-16-8-9-18-29(24)33(30,22-12-4-2-5-13-22)23-14-6-3-7-15-23;1-21-16-17-30-26(18-21)27-19-29-25(24-14-8-9-15-28(24)32-29)20-31(27)33(30,22-10-4-2-5-11-22)23-12-6-3-7-13-23;1-21-16-17-25-27-19-29-26(24-14-8-9-15-28(24)32-29)20-31(27)33(30(25)18-21,22-10-4-2-5-11-22)23-12-6-3-7-13-23/h3*2-20H,1H3. The molecule has 18 aromatic rings. The molecule has 0 unspecified atom stereocenters. The summed E-state index contributed by atoms with van der Waals surface area (Å²) in [5, 5.41) is 26.2. The summed E-state index contributed by atoms with van der Waals surface area (Å²) in [7, 11) is -7.27. The van der Waals surface area contributed by atoms with E-state index < -0.39 is 24.2 Å². The van der Waals surface area contributed by atoms with E-state index in [0.29, 0.717) is 0 Å². The van der Waals surface area contributed by atoms with Gasteiger partial charge in [-0.2, -0.15) is 0 Å². The van der Waals surface area contributed by atoms with Crippen molar-refractivity contribution in [2.24, 2.45) is 0 Å². The van der Waals surface area contributed by atoms with E-state index in [4.69, 9.17) is 0 Å². The summed E-state index contributed by atoms with van der Waals surface area (Å²) in [5.74, 6) is 0. The Balaban J connectivity index is 0.000000104. The summed E-state index contributed by atoms with van der Waals surface area (Å²) >= 11 is 5.76. The average molecular weight is 1360 g/mol. The van der Waals surface area contributed by atoms with Gasteiger partial charge in [-0.1, -0.05) is 327 Å². The maximum absolute atomic E-state index is 2.55. The fourth-order valence-corrected chi connectivity index (χ4v) is 36.6. The molecule has 0 bridgehead atoms. The van der Waals surface area contributed by atoms with Crippen molar-refractivity contribution in [1.82, 2.24) is 0 Å². The first-order valence-electron chi connectivity index (χ1n) is 34.4. The zero-order chi connectivity index (χ0) is 66.0. The molecule has 0 spiro atoms. The Morgan fingerprint density at radius 2 is 0.515 bits per heavy atom. The lowest BCUT2D eigenvalue weighted by Crippen LogP contribution is -2.72. The number of fused-ring (bicyclic) bond motifs is 18. The van der Waals surface area contributed by atoms with Crippen molar-refractivity contribution in [3.05, 3.63) is 362 Å². The van der Waals surface area contributed by atoms with E-state index in [0.717, 1.165) is 0 Å². The number of hydrogen-bond donors (Lipinski definition) is 0. The fraction of sp³-hybridized carbons (Fsp3) is 0.0323. The second kappa shape index (κ2) is 23.7. The van der Waals surface area contributed by atoms with Crippen molar-refractivity contribution in [2.45, 2.75) is 20.8 Å². The summed E-state index contributed by atoms with van der Waals surface area (Å²) in [6.07, 6.45) is 0. The van der Waals surface area contributed by atoms with Gasteiger partial charge >= 0.3 is 0 Å². The maximum atomic E-state index is 2.55. The van der Waals surface area contributed by atoms with E-state index >= 15 is 0 Å². The second-order valence-electron chi connectivity index (χ2n) is 27.0. The predicted molar refractivity (Wildman–Crippen MR) is 440 cm³/mol. The predicted octanol–water partition coefficient (Wildman–Crippen LogP) is 17.2. The van der Waals surface area contributed by atoms with Crippen LogP contribution in [0.3, 0.4) is 0 Å². The van der Waals surface area contributed by atoms with Crippen LogP contribution in [-0.4, -0.2) is 24.2 Å². The quantitative estimate of drug-likeness (QED) is 0.146. The third-order valence-corrected chi connectivity index (χ3v) is 39.8. The molecule has 0 atom stereocenters. The molecule has 6 heterocycles. The first-order chi connectivity index (χ1) is 48.8. The van der Waals surface area contributed by atoms with Gasteiger partial charge in [0.1, 0.15) is 0 Å². The van der Waals surface area contributed by atoms with Crippen LogP contribution in [-0.2, 0) is 0 Å². The van der Waals surface area contributed by atoms with Gasteiger partial charge in [-0.3, -0.25) is 0 Å². The molecule has 0 N–H and O–H groups in total. The van der Waals surface area contributed by atoms with Crippen LogP contribution in [0, 0.1) is 20.8 Å². The zero-order valence-electron chi connectivity index (χ0n) is 55.1. The highest BCUT2D eigenvalue weighted by Gasteiger charge is 2.52. The van der Waals surface area contributed by atoms with Crippen molar-refractivity contribution < 1.29 is 0 Å². The van der Waals surface area contributed by atoms with Gasteiger partial charge in [0.2, 0.25) is 0 Å². The van der Waals surface area contributed by atoms with Crippen LogP contribution >= 0.6 is 34.0 Å². The normalized spacial score (nSPS) is 13.8. The molecule has 15 aromatic carbocycles. The lowest BCUT2D eigenvalue weighted by molar-refractivity contribution is 1.49. The zero-order valence-corrected chi connectivity index (χ0v) is 60.6. The smallest absolute Gasteiger partial charge is 0.135 e. The fourth-order valence-electron chi connectivity index (χ4n) is 17.5. The molecule has 0 nitrogen and oxygen atoms in total. The van der Waals surface area contributed by atoms with E-state index in [1.165, 1.54) is 173 Å². The van der Waals surface area contributed by atoms with Gasteiger partial charge in [0, 0.05) is 60.5 Å². The second-order valence-corrected chi connectivity index (χ2v) is 41.4. The van der Waals surface area contributed by atoms with Crippen LogP contribution in [0.25, 0.3) is 93.9 Å². The molecule has 0 saturated heterocycles. The highest BCUT2D eigenvalue weighted by molar-refractivity contribution is 7.28. The minimum absolute atomic E-state index is 1.32. The average Bonchev–Trinajstić information content (AvgIpc) is 1.57. The molecular weight excluding hydrogens is 1300 g/mol. The first kappa shape index (κ1) is 59.8. The van der Waals surface area contributed by atoms with Crippen molar-refractivity contribution >= 4 is 181 Å². The van der Waals surface area contributed by atoms with Gasteiger partial charge in [-0.25, -0.2) is 0 Å². The van der Waals surface area contributed by atoms with Crippen LogP contribution in [0.2, 0.25) is 0 Å². The van der Waals surface area contributed by atoms with E-state index in [9.17, 15) is 0 Å². The van der Waals surface area contributed by atoms with E-state index in [1.54, 1.807) is 0 Å². The summed E-state index contributed by atoms with van der Waals surface area (Å²) in [5.41, 5.74) is 12.5. The third kappa shape index (κ3) is 9.03. The number of hydrogen-bond acceptors (Lipinski definition) is 3. The van der Waals surface area contributed by atoms with Crippen LogP contribution < -0.4 is 62.2 Å². The van der Waals surface area contributed by atoms with Crippen molar-refractivity contribution in [1.29, 1.82) is 0 Å². The van der Waals surface area contributed by atoms with Crippen LogP contribution in [0.4, 0.5) is 0 Å². The number of aryl methyl sites for hydroxylation is 3. The highest BCUT2D eigenvalue weighted by atomic mass is 32.1. The Hall–Kier alpha value is -10.4. The minimum atomic E-state index is -2.43.